The minimum atomic E-state index is -3.91. The van der Waals surface area contributed by atoms with Crippen LogP contribution in [0, 0.1) is 5.41 Å². The Kier molecular flexibility index (Phi) is 9.19. The fraction of sp³-hybridized carbons (Fsp3) is 0.345. The number of sulfonamides is 1. The van der Waals surface area contributed by atoms with E-state index in [0.717, 1.165) is 11.1 Å². The Bertz CT molecular complexity index is 1470. The molecule has 4 rings (SSSR count). The van der Waals surface area contributed by atoms with Gasteiger partial charge >= 0.3 is 5.97 Å². The molecule has 0 radical (unpaired) electrons. The number of carbonyl (C=O) groups excluding carboxylic acids is 1. The van der Waals surface area contributed by atoms with Gasteiger partial charge in [-0.25, -0.2) is 13.1 Å². The number of carboxylic acids is 1. The third-order valence-electron chi connectivity index (χ3n) is 7.45. The van der Waals surface area contributed by atoms with E-state index in [9.17, 15) is 23.1 Å². The lowest BCUT2D eigenvalue weighted by molar-refractivity contribution is -0.160. The SMILES string of the molecule is CC[C@@H](CNS(=O)(=O)c1cccnc1)N1C(=O)[C@@](C)(CC(=O)O)C[C@H](c2cccc(Cl)c2)[C@H]1c1ccc(Cl)cc1. The average molecular weight is 605 g/mol. The van der Waals surface area contributed by atoms with E-state index in [1.807, 2.05) is 37.3 Å². The van der Waals surface area contributed by atoms with Crippen LogP contribution in [0.25, 0.3) is 0 Å². The molecule has 40 heavy (non-hydrogen) atoms. The predicted molar refractivity (Wildman–Crippen MR) is 154 cm³/mol. The van der Waals surface area contributed by atoms with Gasteiger partial charge in [0, 0.05) is 40.9 Å². The van der Waals surface area contributed by atoms with Crippen LogP contribution in [0.4, 0.5) is 0 Å². The molecule has 0 unspecified atom stereocenters. The minimum Gasteiger partial charge on any atom is -0.481 e. The van der Waals surface area contributed by atoms with E-state index >= 15 is 0 Å². The molecule has 2 heterocycles. The van der Waals surface area contributed by atoms with Gasteiger partial charge < -0.3 is 10.0 Å². The standard InChI is InChI=1S/C29H31Cl2N3O5S/c1-3-23(17-33-40(38,39)24-8-5-13-32-18-24)34-27(19-9-11-21(30)12-10-19)25(20-6-4-7-22(31)14-20)15-29(2,28(34)37)16-26(35)36/h4-14,18,23,25,27,33H,3,15-17H2,1-2H3,(H,35,36)/t23-,25+,27+,29+/m0/s1. The number of halogens is 2. The smallest absolute Gasteiger partial charge is 0.304 e. The monoisotopic (exact) mass is 603 g/mol. The Balaban J connectivity index is 1.83. The highest BCUT2D eigenvalue weighted by Crippen LogP contribution is 2.52. The Hall–Kier alpha value is -2.98. The van der Waals surface area contributed by atoms with Crippen LogP contribution in [0.15, 0.2) is 78.0 Å². The molecule has 0 spiro atoms. The first-order chi connectivity index (χ1) is 18.9. The largest absolute Gasteiger partial charge is 0.481 e. The molecule has 11 heteroatoms. The van der Waals surface area contributed by atoms with Gasteiger partial charge in [-0.3, -0.25) is 14.6 Å². The highest BCUT2D eigenvalue weighted by atomic mass is 35.5. The van der Waals surface area contributed by atoms with E-state index in [-0.39, 0.29) is 36.1 Å². The summed E-state index contributed by atoms with van der Waals surface area (Å²) in [6.45, 7) is 3.46. The van der Waals surface area contributed by atoms with E-state index in [0.29, 0.717) is 16.5 Å². The molecule has 8 nitrogen and oxygen atoms in total. The normalized spacial score (nSPS) is 22.2. The highest BCUT2D eigenvalue weighted by Gasteiger charge is 2.52. The minimum absolute atomic E-state index is 0.0107. The van der Waals surface area contributed by atoms with Gasteiger partial charge in [0.15, 0.2) is 0 Å². The second-order valence-corrected chi connectivity index (χ2v) is 12.9. The number of benzene rings is 2. The number of rotatable bonds is 10. The van der Waals surface area contributed by atoms with E-state index in [4.69, 9.17) is 23.2 Å². The average Bonchev–Trinajstić information content (AvgIpc) is 2.92. The van der Waals surface area contributed by atoms with Crippen LogP contribution in [0.2, 0.25) is 10.0 Å². The highest BCUT2D eigenvalue weighted by molar-refractivity contribution is 7.89. The van der Waals surface area contributed by atoms with Crippen LogP contribution < -0.4 is 4.72 Å². The summed E-state index contributed by atoms with van der Waals surface area (Å²) in [4.78, 5) is 31.8. The first kappa shape index (κ1) is 30.0. The first-order valence-electron chi connectivity index (χ1n) is 12.9. The number of hydrogen-bond acceptors (Lipinski definition) is 5. The number of piperidine rings is 1. The molecule has 1 aliphatic rings. The lowest BCUT2D eigenvalue weighted by Crippen LogP contribution is -2.58. The first-order valence-corrected chi connectivity index (χ1v) is 15.1. The molecule has 4 atom stereocenters. The molecule has 1 amide bonds. The van der Waals surface area contributed by atoms with Crippen molar-refractivity contribution < 1.29 is 23.1 Å². The molecule has 1 aromatic heterocycles. The third kappa shape index (κ3) is 6.49. The molecule has 212 valence electrons. The number of carbonyl (C=O) groups is 2. The van der Waals surface area contributed by atoms with Gasteiger partial charge in [-0.1, -0.05) is 61.3 Å². The molecule has 0 aliphatic carbocycles. The molecule has 1 saturated heterocycles. The predicted octanol–water partition coefficient (Wildman–Crippen LogP) is 5.68. The summed E-state index contributed by atoms with van der Waals surface area (Å²) in [5.41, 5.74) is 0.415. The van der Waals surface area contributed by atoms with Crippen molar-refractivity contribution in [3.63, 3.8) is 0 Å². The molecule has 1 fully saturated rings. The Labute approximate surface area is 244 Å². The van der Waals surface area contributed by atoms with Crippen LogP contribution in [0.1, 0.15) is 56.2 Å². The number of amides is 1. The number of likely N-dealkylation sites (tertiary alicyclic amines) is 1. The van der Waals surface area contributed by atoms with Crippen LogP contribution >= 0.6 is 23.2 Å². The third-order valence-corrected chi connectivity index (χ3v) is 9.35. The Morgan fingerprint density at radius 2 is 1.85 bits per heavy atom. The summed E-state index contributed by atoms with van der Waals surface area (Å²) < 4.78 is 28.7. The zero-order chi connectivity index (χ0) is 29.1. The maximum absolute atomic E-state index is 14.3. The zero-order valence-electron chi connectivity index (χ0n) is 22.1. The van der Waals surface area contributed by atoms with E-state index in [1.165, 1.54) is 24.5 Å². The van der Waals surface area contributed by atoms with Gasteiger partial charge in [-0.15, -0.1) is 0 Å². The van der Waals surface area contributed by atoms with Crippen molar-refractivity contribution in [2.75, 3.05) is 6.54 Å². The van der Waals surface area contributed by atoms with Gasteiger partial charge in [0.05, 0.1) is 17.9 Å². The van der Waals surface area contributed by atoms with Crippen LogP contribution in [-0.2, 0) is 19.6 Å². The number of carboxylic acid groups (broad SMARTS) is 1. The van der Waals surface area contributed by atoms with Crippen molar-refractivity contribution in [1.82, 2.24) is 14.6 Å². The molecule has 3 aromatic rings. The number of pyridine rings is 1. The number of hydrogen-bond donors (Lipinski definition) is 2. The fourth-order valence-corrected chi connectivity index (χ4v) is 6.88. The lowest BCUT2D eigenvalue weighted by atomic mass is 9.67. The van der Waals surface area contributed by atoms with Gasteiger partial charge in [0.1, 0.15) is 4.90 Å². The molecule has 0 bridgehead atoms. The van der Waals surface area contributed by atoms with Gasteiger partial charge in [-0.2, -0.15) is 0 Å². The second-order valence-electron chi connectivity index (χ2n) is 10.3. The molecule has 2 aromatic carbocycles. The molecule has 2 N–H and O–H groups in total. The summed E-state index contributed by atoms with van der Waals surface area (Å²) in [6.07, 6.45) is 3.04. The van der Waals surface area contributed by atoms with Crippen molar-refractivity contribution in [1.29, 1.82) is 0 Å². The summed E-state index contributed by atoms with van der Waals surface area (Å²) >= 11 is 12.6. The van der Waals surface area contributed by atoms with Crippen molar-refractivity contribution in [3.05, 3.63) is 94.2 Å². The summed E-state index contributed by atoms with van der Waals surface area (Å²) in [7, 11) is -3.91. The van der Waals surface area contributed by atoms with Gasteiger partial charge in [0.25, 0.3) is 0 Å². The molecule has 1 aliphatic heterocycles. The molecule has 0 saturated carbocycles. The Morgan fingerprint density at radius 1 is 1.12 bits per heavy atom. The second kappa shape index (κ2) is 12.3. The number of aromatic nitrogens is 1. The van der Waals surface area contributed by atoms with Crippen molar-refractivity contribution >= 4 is 45.1 Å². The van der Waals surface area contributed by atoms with Crippen LogP contribution in [0.3, 0.4) is 0 Å². The van der Waals surface area contributed by atoms with Gasteiger partial charge in [-0.05, 0) is 60.4 Å². The fourth-order valence-electron chi connectivity index (χ4n) is 5.52. The topological polar surface area (TPSA) is 117 Å². The number of aliphatic carboxylic acids is 1. The number of nitrogens with one attached hydrogen (secondary N) is 1. The van der Waals surface area contributed by atoms with E-state index in [1.54, 1.807) is 30.0 Å². The van der Waals surface area contributed by atoms with Crippen LogP contribution in [0.5, 0.6) is 0 Å². The summed E-state index contributed by atoms with van der Waals surface area (Å²) in [6, 6.07) is 16.4. The number of nitrogens with zero attached hydrogens (tertiary/aromatic N) is 2. The summed E-state index contributed by atoms with van der Waals surface area (Å²) in [5, 5.41) is 10.8. The maximum Gasteiger partial charge on any atom is 0.304 e. The maximum atomic E-state index is 14.3. The quantitative estimate of drug-likeness (QED) is 0.308. The van der Waals surface area contributed by atoms with Crippen LogP contribution in [-0.4, -0.2) is 47.9 Å². The zero-order valence-corrected chi connectivity index (χ0v) is 24.5. The van der Waals surface area contributed by atoms with Crippen molar-refractivity contribution in [3.8, 4) is 0 Å². The van der Waals surface area contributed by atoms with Crippen molar-refractivity contribution in [2.45, 2.75) is 56.0 Å². The summed E-state index contributed by atoms with van der Waals surface area (Å²) in [5.74, 6) is -1.76. The van der Waals surface area contributed by atoms with Crippen molar-refractivity contribution in [2.24, 2.45) is 5.41 Å². The van der Waals surface area contributed by atoms with E-state index in [2.05, 4.69) is 9.71 Å². The van der Waals surface area contributed by atoms with E-state index < -0.39 is 33.5 Å². The van der Waals surface area contributed by atoms with Gasteiger partial charge in [0.2, 0.25) is 15.9 Å². The Morgan fingerprint density at radius 3 is 2.45 bits per heavy atom. The molecular formula is C29H31Cl2N3O5S. The lowest BCUT2D eigenvalue weighted by Gasteiger charge is -2.52. The molecular weight excluding hydrogens is 573 g/mol.